The van der Waals surface area contributed by atoms with Crippen LogP contribution < -0.4 is 16.0 Å². The fourth-order valence-electron chi connectivity index (χ4n) is 2.23. The lowest BCUT2D eigenvalue weighted by atomic mass is 10.0. The van der Waals surface area contributed by atoms with Gasteiger partial charge in [0.1, 0.15) is 6.04 Å². The quantitative estimate of drug-likeness (QED) is 0.775. The molecule has 2 amide bonds. The minimum Gasteiger partial charge on any atom is -0.343 e. The van der Waals surface area contributed by atoms with Gasteiger partial charge in [-0.05, 0) is 38.4 Å². The lowest BCUT2D eigenvalue weighted by Gasteiger charge is -2.24. The summed E-state index contributed by atoms with van der Waals surface area (Å²) in [5.41, 5.74) is 0.731. The van der Waals surface area contributed by atoms with Crippen molar-refractivity contribution in [3.63, 3.8) is 0 Å². The lowest BCUT2D eigenvalue weighted by molar-refractivity contribution is -0.128. The topological polar surface area (TPSA) is 70.2 Å². The van der Waals surface area contributed by atoms with Crippen molar-refractivity contribution < 1.29 is 9.59 Å². The highest BCUT2D eigenvalue weighted by atomic mass is 16.2. The number of benzene rings is 1. The van der Waals surface area contributed by atoms with E-state index in [1.54, 1.807) is 6.92 Å². The summed E-state index contributed by atoms with van der Waals surface area (Å²) < 4.78 is 0. The molecule has 0 bridgehead atoms. The van der Waals surface area contributed by atoms with Crippen LogP contribution in [-0.2, 0) is 9.59 Å². The molecular weight excluding hydrogens is 254 g/mol. The molecule has 1 aliphatic rings. The Kier molecular flexibility index (Phi) is 5.12. The molecule has 108 valence electrons. The summed E-state index contributed by atoms with van der Waals surface area (Å²) in [6, 6.07) is 8.50. The van der Waals surface area contributed by atoms with Crippen LogP contribution in [0.1, 0.15) is 26.2 Å². The van der Waals surface area contributed by atoms with E-state index in [9.17, 15) is 9.59 Å². The van der Waals surface area contributed by atoms with Gasteiger partial charge in [0.05, 0.1) is 6.04 Å². The summed E-state index contributed by atoms with van der Waals surface area (Å²) in [7, 11) is 0. The van der Waals surface area contributed by atoms with Crippen molar-refractivity contribution in [3.05, 3.63) is 30.3 Å². The fraction of sp³-hybridized carbons (Fsp3) is 0.467. The van der Waals surface area contributed by atoms with Crippen molar-refractivity contribution in [2.45, 2.75) is 38.3 Å². The smallest absolute Gasteiger partial charge is 0.246 e. The van der Waals surface area contributed by atoms with Crippen molar-refractivity contribution in [2.75, 3.05) is 11.9 Å². The molecule has 1 fully saturated rings. The maximum atomic E-state index is 12.0. The Hall–Kier alpha value is -1.88. The molecule has 0 spiro atoms. The van der Waals surface area contributed by atoms with Crippen LogP contribution in [0.5, 0.6) is 0 Å². The monoisotopic (exact) mass is 275 g/mol. The molecule has 1 saturated heterocycles. The highest BCUT2D eigenvalue weighted by Gasteiger charge is 2.23. The molecule has 1 aliphatic heterocycles. The van der Waals surface area contributed by atoms with Crippen molar-refractivity contribution in [2.24, 2.45) is 0 Å². The van der Waals surface area contributed by atoms with Crippen molar-refractivity contribution in [3.8, 4) is 0 Å². The van der Waals surface area contributed by atoms with Crippen LogP contribution in [0.2, 0.25) is 0 Å². The van der Waals surface area contributed by atoms with Crippen LogP contribution in [0, 0.1) is 0 Å². The number of hydrogen-bond acceptors (Lipinski definition) is 3. The molecule has 0 radical (unpaired) electrons. The van der Waals surface area contributed by atoms with E-state index in [2.05, 4.69) is 16.0 Å². The minimum absolute atomic E-state index is 0.0968. The third kappa shape index (κ3) is 4.06. The molecule has 3 N–H and O–H groups in total. The third-order valence-electron chi connectivity index (χ3n) is 3.42. The summed E-state index contributed by atoms with van der Waals surface area (Å²) >= 11 is 0. The molecule has 2 rings (SSSR count). The van der Waals surface area contributed by atoms with Gasteiger partial charge in [-0.25, -0.2) is 0 Å². The molecule has 5 heteroatoms. The maximum absolute atomic E-state index is 12.0. The number of carbonyl (C=O) groups is 2. The molecule has 0 aromatic heterocycles. The van der Waals surface area contributed by atoms with E-state index >= 15 is 0 Å². The zero-order chi connectivity index (χ0) is 14.4. The largest absolute Gasteiger partial charge is 0.343 e. The van der Waals surface area contributed by atoms with Crippen LogP contribution in [0.25, 0.3) is 0 Å². The van der Waals surface area contributed by atoms with Gasteiger partial charge in [0.15, 0.2) is 0 Å². The molecule has 1 aromatic rings. The molecule has 0 aliphatic carbocycles. The van der Waals surface area contributed by atoms with E-state index in [1.807, 2.05) is 30.3 Å². The zero-order valence-corrected chi connectivity index (χ0v) is 11.7. The number of amides is 2. The first-order valence-electron chi connectivity index (χ1n) is 7.06. The predicted molar refractivity (Wildman–Crippen MR) is 78.3 cm³/mol. The molecule has 0 saturated carbocycles. The molecule has 2 unspecified atom stereocenters. The van der Waals surface area contributed by atoms with E-state index in [4.69, 9.17) is 0 Å². The van der Waals surface area contributed by atoms with Gasteiger partial charge in [-0.15, -0.1) is 0 Å². The van der Waals surface area contributed by atoms with E-state index in [1.165, 1.54) is 0 Å². The number of nitrogens with one attached hydrogen (secondary N) is 3. The highest BCUT2D eigenvalue weighted by Crippen LogP contribution is 2.08. The van der Waals surface area contributed by atoms with Crippen molar-refractivity contribution in [1.29, 1.82) is 0 Å². The molecule has 1 heterocycles. The van der Waals surface area contributed by atoms with Gasteiger partial charge in [-0.3, -0.25) is 9.59 Å². The predicted octanol–water partition coefficient (Wildman–Crippen LogP) is 1.27. The average molecular weight is 275 g/mol. The Morgan fingerprint density at radius 3 is 2.65 bits per heavy atom. The van der Waals surface area contributed by atoms with E-state index in [-0.39, 0.29) is 17.9 Å². The van der Waals surface area contributed by atoms with Crippen LogP contribution in [0.15, 0.2) is 30.3 Å². The van der Waals surface area contributed by atoms with Crippen molar-refractivity contribution >= 4 is 17.5 Å². The van der Waals surface area contributed by atoms with Gasteiger partial charge in [-0.1, -0.05) is 24.6 Å². The second-order valence-electron chi connectivity index (χ2n) is 5.09. The molecule has 2 atom stereocenters. The number of piperidine rings is 1. The first-order valence-corrected chi connectivity index (χ1v) is 7.06. The SMILES string of the molecule is CC(NC(=O)C1CCCCN1)C(=O)Nc1ccccc1. The van der Waals surface area contributed by atoms with Gasteiger partial charge in [0, 0.05) is 5.69 Å². The summed E-state index contributed by atoms with van der Waals surface area (Å²) in [6.07, 6.45) is 2.99. The Morgan fingerprint density at radius 2 is 2.00 bits per heavy atom. The van der Waals surface area contributed by atoms with Gasteiger partial charge >= 0.3 is 0 Å². The minimum atomic E-state index is -0.550. The maximum Gasteiger partial charge on any atom is 0.246 e. The van der Waals surface area contributed by atoms with Crippen LogP contribution >= 0.6 is 0 Å². The molecule has 5 nitrogen and oxygen atoms in total. The molecule has 1 aromatic carbocycles. The van der Waals surface area contributed by atoms with E-state index < -0.39 is 6.04 Å². The standard InChI is InChI=1S/C15H21N3O2/c1-11(14(19)18-12-7-3-2-4-8-12)17-15(20)13-9-5-6-10-16-13/h2-4,7-8,11,13,16H,5-6,9-10H2,1H3,(H,17,20)(H,18,19). The summed E-state index contributed by atoms with van der Waals surface area (Å²) in [5, 5.41) is 8.70. The van der Waals surface area contributed by atoms with Crippen LogP contribution in [0.4, 0.5) is 5.69 Å². The highest BCUT2D eigenvalue weighted by molar-refractivity contribution is 5.97. The molecule has 20 heavy (non-hydrogen) atoms. The van der Waals surface area contributed by atoms with Gasteiger partial charge in [0.25, 0.3) is 0 Å². The van der Waals surface area contributed by atoms with Crippen molar-refractivity contribution in [1.82, 2.24) is 10.6 Å². The normalized spacial score (nSPS) is 19.9. The number of carbonyl (C=O) groups excluding carboxylic acids is 2. The van der Waals surface area contributed by atoms with Gasteiger partial charge in [0.2, 0.25) is 11.8 Å². The van der Waals surface area contributed by atoms with Crippen LogP contribution in [0.3, 0.4) is 0 Å². The zero-order valence-electron chi connectivity index (χ0n) is 11.7. The van der Waals surface area contributed by atoms with E-state index in [0.29, 0.717) is 0 Å². The Bertz CT molecular complexity index is 455. The first kappa shape index (κ1) is 14.5. The van der Waals surface area contributed by atoms with E-state index in [0.717, 1.165) is 31.5 Å². The summed E-state index contributed by atoms with van der Waals surface area (Å²) in [5.74, 6) is -0.305. The fourth-order valence-corrected chi connectivity index (χ4v) is 2.23. The van der Waals surface area contributed by atoms with Crippen LogP contribution in [-0.4, -0.2) is 30.4 Å². The second kappa shape index (κ2) is 7.05. The number of anilines is 1. The molecular formula is C15H21N3O2. The number of para-hydroxylation sites is 1. The lowest BCUT2D eigenvalue weighted by Crippen LogP contribution is -2.51. The second-order valence-corrected chi connectivity index (χ2v) is 5.09. The summed E-state index contributed by atoms with van der Waals surface area (Å²) in [6.45, 7) is 2.56. The third-order valence-corrected chi connectivity index (χ3v) is 3.42. The Morgan fingerprint density at radius 1 is 1.25 bits per heavy atom. The van der Waals surface area contributed by atoms with Gasteiger partial charge in [-0.2, -0.15) is 0 Å². The first-order chi connectivity index (χ1) is 9.66. The summed E-state index contributed by atoms with van der Waals surface area (Å²) in [4.78, 5) is 24.0. The Labute approximate surface area is 119 Å². The Balaban J connectivity index is 1.82. The number of hydrogen-bond donors (Lipinski definition) is 3. The average Bonchev–Trinajstić information content (AvgIpc) is 2.49. The number of rotatable bonds is 4. The van der Waals surface area contributed by atoms with Gasteiger partial charge < -0.3 is 16.0 Å².